The predicted octanol–water partition coefficient (Wildman–Crippen LogP) is 1.19. The van der Waals surface area contributed by atoms with Crippen LogP contribution >= 0.6 is 0 Å². The normalized spacial score (nSPS) is 11.4. The van der Waals surface area contributed by atoms with Gasteiger partial charge in [0, 0.05) is 13.1 Å². The standard InChI is InChI=1S/C19H29N7O5/c1-10(2)7-23(14(27)9-25-13(6)15(26(30)31)12(5)22-25)16-17(20)24(8-11(3)4)19(29)21-18(16)28/h10-11H,7-9,20H2,1-6H3,(H,21,28,29). The molecule has 0 atom stereocenters. The molecule has 0 aliphatic carbocycles. The van der Waals surface area contributed by atoms with Crippen LogP contribution in [0.3, 0.4) is 0 Å². The summed E-state index contributed by atoms with van der Waals surface area (Å²) in [6.45, 7) is 10.6. The zero-order valence-electron chi connectivity index (χ0n) is 18.6. The summed E-state index contributed by atoms with van der Waals surface area (Å²) in [5.41, 5.74) is 4.90. The van der Waals surface area contributed by atoms with E-state index in [1.165, 1.54) is 28.0 Å². The first kappa shape index (κ1) is 23.8. The Morgan fingerprint density at radius 3 is 2.32 bits per heavy atom. The van der Waals surface area contributed by atoms with E-state index in [1.54, 1.807) is 0 Å². The molecular weight excluding hydrogens is 406 g/mol. The topological polar surface area (TPSA) is 162 Å². The molecule has 0 saturated heterocycles. The predicted molar refractivity (Wildman–Crippen MR) is 116 cm³/mol. The molecule has 0 aliphatic heterocycles. The molecule has 0 aromatic carbocycles. The van der Waals surface area contributed by atoms with E-state index in [4.69, 9.17) is 5.73 Å². The van der Waals surface area contributed by atoms with Crippen molar-refractivity contribution >= 4 is 23.1 Å². The molecule has 170 valence electrons. The number of nitrogens with zero attached hydrogens (tertiary/aromatic N) is 5. The highest BCUT2D eigenvalue weighted by molar-refractivity contribution is 5.95. The third-order valence-electron chi connectivity index (χ3n) is 4.69. The number of aryl methyl sites for hydroxylation is 1. The number of hydrogen-bond donors (Lipinski definition) is 2. The molecule has 3 N–H and O–H groups in total. The second kappa shape index (κ2) is 9.14. The fraction of sp³-hybridized carbons (Fsp3) is 0.579. The minimum Gasteiger partial charge on any atom is -0.383 e. The lowest BCUT2D eigenvalue weighted by molar-refractivity contribution is -0.386. The first-order valence-electron chi connectivity index (χ1n) is 9.96. The summed E-state index contributed by atoms with van der Waals surface area (Å²) in [5, 5.41) is 15.3. The summed E-state index contributed by atoms with van der Waals surface area (Å²) >= 11 is 0. The van der Waals surface area contributed by atoms with Gasteiger partial charge in [-0.05, 0) is 25.7 Å². The van der Waals surface area contributed by atoms with Gasteiger partial charge in [-0.25, -0.2) is 4.79 Å². The molecule has 2 aromatic rings. The first-order chi connectivity index (χ1) is 14.3. The fourth-order valence-electron chi connectivity index (χ4n) is 3.39. The molecule has 0 unspecified atom stereocenters. The van der Waals surface area contributed by atoms with Gasteiger partial charge in [-0.1, -0.05) is 27.7 Å². The molecule has 12 heteroatoms. The van der Waals surface area contributed by atoms with Crippen LogP contribution < -0.4 is 21.9 Å². The number of hydrogen-bond acceptors (Lipinski definition) is 7. The number of nitrogen functional groups attached to an aromatic ring is 1. The maximum atomic E-state index is 13.2. The van der Waals surface area contributed by atoms with Crippen molar-refractivity contribution < 1.29 is 9.72 Å². The molecule has 0 radical (unpaired) electrons. The number of nitrogens with two attached hydrogens (primary N) is 1. The van der Waals surface area contributed by atoms with Crippen LogP contribution in [0.4, 0.5) is 17.2 Å². The van der Waals surface area contributed by atoms with E-state index in [0.29, 0.717) is 0 Å². The van der Waals surface area contributed by atoms with Crippen LogP contribution in [0.15, 0.2) is 9.59 Å². The minimum atomic E-state index is -0.768. The van der Waals surface area contributed by atoms with Gasteiger partial charge in [0.2, 0.25) is 5.91 Å². The Balaban J connectivity index is 2.56. The molecule has 2 heterocycles. The lowest BCUT2D eigenvalue weighted by Gasteiger charge is -2.26. The number of aromatic amines is 1. The van der Waals surface area contributed by atoms with Gasteiger partial charge < -0.3 is 10.6 Å². The first-order valence-corrected chi connectivity index (χ1v) is 9.96. The van der Waals surface area contributed by atoms with Crippen molar-refractivity contribution in [2.45, 2.75) is 54.6 Å². The Kier molecular flexibility index (Phi) is 7.03. The van der Waals surface area contributed by atoms with Crippen molar-refractivity contribution in [3.63, 3.8) is 0 Å². The second-order valence-corrected chi connectivity index (χ2v) is 8.33. The second-order valence-electron chi connectivity index (χ2n) is 8.33. The Labute approximate surface area is 178 Å². The largest absolute Gasteiger partial charge is 0.383 e. The van der Waals surface area contributed by atoms with Crippen molar-refractivity contribution in [3.8, 4) is 0 Å². The van der Waals surface area contributed by atoms with Gasteiger partial charge >= 0.3 is 11.4 Å². The van der Waals surface area contributed by atoms with Crippen molar-refractivity contribution in [1.29, 1.82) is 0 Å². The van der Waals surface area contributed by atoms with Crippen LogP contribution in [0.2, 0.25) is 0 Å². The Morgan fingerprint density at radius 1 is 1.23 bits per heavy atom. The molecule has 0 fully saturated rings. The Hall–Kier alpha value is -3.44. The van der Waals surface area contributed by atoms with Gasteiger partial charge in [0.1, 0.15) is 23.8 Å². The van der Waals surface area contributed by atoms with E-state index in [2.05, 4.69) is 10.1 Å². The number of rotatable bonds is 8. The minimum absolute atomic E-state index is 0.0250. The molecule has 2 aromatic heterocycles. The van der Waals surface area contributed by atoms with Gasteiger partial charge in [0.05, 0.1) is 4.92 Å². The smallest absolute Gasteiger partial charge is 0.330 e. The average molecular weight is 435 g/mol. The Morgan fingerprint density at radius 2 is 1.84 bits per heavy atom. The van der Waals surface area contributed by atoms with Crippen LogP contribution in [0, 0.1) is 35.8 Å². The van der Waals surface area contributed by atoms with Crippen molar-refractivity contribution in [2.24, 2.45) is 11.8 Å². The van der Waals surface area contributed by atoms with Gasteiger partial charge in [0.25, 0.3) is 5.56 Å². The highest BCUT2D eigenvalue weighted by Crippen LogP contribution is 2.23. The molecule has 31 heavy (non-hydrogen) atoms. The van der Waals surface area contributed by atoms with Gasteiger partial charge in [0.15, 0.2) is 5.69 Å². The summed E-state index contributed by atoms with van der Waals surface area (Å²) in [7, 11) is 0. The van der Waals surface area contributed by atoms with Gasteiger partial charge in [-0.3, -0.25) is 33.9 Å². The maximum Gasteiger partial charge on any atom is 0.330 e. The van der Waals surface area contributed by atoms with Crippen molar-refractivity contribution in [1.82, 2.24) is 19.3 Å². The summed E-state index contributed by atoms with van der Waals surface area (Å²) in [6.07, 6.45) is 0. The van der Waals surface area contributed by atoms with E-state index >= 15 is 0 Å². The summed E-state index contributed by atoms with van der Waals surface area (Å²) in [5.74, 6) is -0.580. The highest BCUT2D eigenvalue weighted by atomic mass is 16.6. The molecular formula is C19H29N7O5. The van der Waals surface area contributed by atoms with Crippen LogP contribution in [0.1, 0.15) is 39.1 Å². The van der Waals surface area contributed by atoms with E-state index in [-0.39, 0.29) is 60.1 Å². The van der Waals surface area contributed by atoms with Crippen LogP contribution in [0.25, 0.3) is 0 Å². The molecule has 0 saturated carbocycles. The quantitative estimate of drug-likeness (QED) is 0.464. The zero-order chi connectivity index (χ0) is 23.6. The number of nitro groups is 1. The number of aromatic nitrogens is 4. The molecule has 2 rings (SSSR count). The SMILES string of the molecule is Cc1nn(CC(=O)N(CC(C)C)c2c(N)n(CC(C)C)c(=O)[nH]c2=O)c(C)c1[N+](=O)[O-]. The number of anilines is 2. The number of nitrogens with one attached hydrogen (secondary N) is 1. The fourth-order valence-corrected chi connectivity index (χ4v) is 3.39. The third kappa shape index (κ3) is 5.01. The lowest BCUT2D eigenvalue weighted by atomic mass is 10.2. The van der Waals surface area contributed by atoms with E-state index < -0.39 is 22.1 Å². The number of amides is 1. The van der Waals surface area contributed by atoms with Gasteiger partial charge in [-0.2, -0.15) is 5.10 Å². The van der Waals surface area contributed by atoms with Gasteiger partial charge in [-0.15, -0.1) is 0 Å². The van der Waals surface area contributed by atoms with Crippen LogP contribution in [-0.4, -0.2) is 36.7 Å². The van der Waals surface area contributed by atoms with E-state index in [0.717, 1.165) is 0 Å². The Bertz CT molecular complexity index is 1110. The van der Waals surface area contributed by atoms with Crippen LogP contribution in [-0.2, 0) is 17.9 Å². The summed E-state index contributed by atoms with van der Waals surface area (Å²) < 4.78 is 2.47. The lowest BCUT2D eigenvalue weighted by Crippen LogP contribution is -2.44. The average Bonchev–Trinajstić information content (AvgIpc) is 2.90. The molecule has 12 nitrogen and oxygen atoms in total. The monoisotopic (exact) mass is 435 g/mol. The summed E-state index contributed by atoms with van der Waals surface area (Å²) in [4.78, 5) is 52.3. The molecule has 1 amide bonds. The molecule has 0 spiro atoms. The third-order valence-corrected chi connectivity index (χ3v) is 4.69. The molecule has 0 bridgehead atoms. The summed E-state index contributed by atoms with van der Waals surface area (Å²) in [6, 6.07) is 0. The zero-order valence-corrected chi connectivity index (χ0v) is 18.6. The van der Waals surface area contributed by atoms with E-state index in [9.17, 15) is 24.5 Å². The number of carbonyl (C=O) groups excluding carboxylic acids is 1. The molecule has 0 aliphatic rings. The maximum absolute atomic E-state index is 13.2. The number of carbonyl (C=O) groups is 1. The van der Waals surface area contributed by atoms with Crippen molar-refractivity contribution in [3.05, 3.63) is 42.3 Å². The number of H-pyrrole nitrogens is 1. The van der Waals surface area contributed by atoms with E-state index in [1.807, 2.05) is 27.7 Å². The van der Waals surface area contributed by atoms with Crippen molar-refractivity contribution in [2.75, 3.05) is 17.2 Å². The highest BCUT2D eigenvalue weighted by Gasteiger charge is 2.28. The van der Waals surface area contributed by atoms with Crippen LogP contribution in [0.5, 0.6) is 0 Å².